The third kappa shape index (κ3) is 2.58. The van der Waals surface area contributed by atoms with Crippen LogP contribution in [-0.4, -0.2) is 19.2 Å². The topological polar surface area (TPSA) is 35.1 Å². The average Bonchev–Trinajstić information content (AvgIpc) is 3.54. The Balaban J connectivity index is 1.44. The van der Waals surface area contributed by atoms with E-state index in [1.807, 2.05) is 0 Å². The molecule has 3 aromatic heterocycles. The van der Waals surface area contributed by atoms with E-state index in [1.165, 1.54) is 32.6 Å². The minimum Gasteiger partial charge on any atom is -0.309 e. The molecule has 0 radical (unpaired) electrons. The van der Waals surface area contributed by atoms with E-state index in [2.05, 4.69) is 135 Å². The highest BCUT2D eigenvalue weighted by atomic mass is 15.2. The van der Waals surface area contributed by atoms with E-state index in [0.717, 1.165) is 33.6 Å². The number of nitrogens with zero attached hydrogens (tertiary/aromatic N) is 4. The van der Waals surface area contributed by atoms with Crippen LogP contribution >= 0.6 is 0 Å². The standard InChI is InChI=1S/C32H20N4/c1-2-16-27-23(12-1)24-13-3-8-19-30(24)36-31(33-34-32(27)36)21-10-9-11-22(20-21)35-28-17-6-4-14-25(28)26-15-5-7-18-29(26)35/h1-20H. The Morgan fingerprint density at radius 2 is 1.00 bits per heavy atom. The number of fused-ring (bicyclic) bond motifs is 9. The molecule has 36 heavy (non-hydrogen) atoms. The molecule has 0 aliphatic heterocycles. The van der Waals surface area contributed by atoms with E-state index in [9.17, 15) is 0 Å². The van der Waals surface area contributed by atoms with Crippen LogP contribution in [0.15, 0.2) is 121 Å². The van der Waals surface area contributed by atoms with Crippen LogP contribution in [0.1, 0.15) is 0 Å². The molecule has 8 aromatic rings. The molecular weight excluding hydrogens is 440 g/mol. The largest absolute Gasteiger partial charge is 0.309 e. The van der Waals surface area contributed by atoms with Gasteiger partial charge in [-0.1, -0.05) is 91.0 Å². The van der Waals surface area contributed by atoms with Crippen molar-refractivity contribution in [3.8, 4) is 17.1 Å². The zero-order chi connectivity index (χ0) is 23.6. The first-order valence-corrected chi connectivity index (χ1v) is 12.1. The number of benzene rings is 5. The molecule has 8 rings (SSSR count). The summed E-state index contributed by atoms with van der Waals surface area (Å²) in [6, 6.07) is 42.7. The van der Waals surface area contributed by atoms with Crippen LogP contribution in [0.4, 0.5) is 0 Å². The minimum atomic E-state index is 0.842. The van der Waals surface area contributed by atoms with Crippen molar-refractivity contribution in [2.75, 3.05) is 0 Å². The summed E-state index contributed by atoms with van der Waals surface area (Å²) in [7, 11) is 0. The molecule has 0 aliphatic rings. The molecule has 4 nitrogen and oxygen atoms in total. The summed E-state index contributed by atoms with van der Waals surface area (Å²) in [6.45, 7) is 0. The summed E-state index contributed by atoms with van der Waals surface area (Å²) in [6.07, 6.45) is 0. The van der Waals surface area contributed by atoms with Crippen LogP contribution in [-0.2, 0) is 0 Å². The first kappa shape index (κ1) is 19.4. The number of rotatable bonds is 2. The first-order valence-electron chi connectivity index (χ1n) is 12.1. The van der Waals surface area contributed by atoms with Gasteiger partial charge >= 0.3 is 0 Å². The van der Waals surface area contributed by atoms with Crippen LogP contribution in [0.2, 0.25) is 0 Å². The fraction of sp³-hybridized carbons (Fsp3) is 0. The Hall–Kier alpha value is -4.96. The van der Waals surface area contributed by atoms with E-state index >= 15 is 0 Å². The van der Waals surface area contributed by atoms with Crippen molar-refractivity contribution in [3.05, 3.63) is 121 Å². The lowest BCUT2D eigenvalue weighted by Gasteiger charge is -2.11. The number of hydrogen-bond acceptors (Lipinski definition) is 2. The lowest BCUT2D eigenvalue weighted by molar-refractivity contribution is 1.11. The third-order valence-electron chi connectivity index (χ3n) is 7.21. The quantitative estimate of drug-likeness (QED) is 0.247. The Bertz CT molecular complexity index is 2060. The second kappa shape index (κ2) is 7.27. The summed E-state index contributed by atoms with van der Waals surface area (Å²) in [4.78, 5) is 0. The zero-order valence-corrected chi connectivity index (χ0v) is 19.3. The zero-order valence-electron chi connectivity index (χ0n) is 19.3. The van der Waals surface area contributed by atoms with Gasteiger partial charge in [0.25, 0.3) is 0 Å². The lowest BCUT2D eigenvalue weighted by atomic mass is 10.1. The second-order valence-corrected chi connectivity index (χ2v) is 9.17. The van der Waals surface area contributed by atoms with Crippen molar-refractivity contribution in [1.29, 1.82) is 0 Å². The average molecular weight is 461 g/mol. The molecule has 0 saturated heterocycles. The summed E-state index contributed by atoms with van der Waals surface area (Å²) in [5.41, 5.74) is 6.50. The van der Waals surface area contributed by atoms with Gasteiger partial charge in [-0.2, -0.15) is 0 Å². The van der Waals surface area contributed by atoms with Crippen molar-refractivity contribution in [2.24, 2.45) is 0 Å². The van der Waals surface area contributed by atoms with Gasteiger partial charge in [0.15, 0.2) is 11.5 Å². The van der Waals surface area contributed by atoms with Crippen molar-refractivity contribution in [3.63, 3.8) is 0 Å². The Labute approximate surface area is 206 Å². The molecule has 0 fully saturated rings. The van der Waals surface area contributed by atoms with Crippen LogP contribution in [0.5, 0.6) is 0 Å². The first-order chi connectivity index (χ1) is 17.9. The molecule has 5 aromatic carbocycles. The van der Waals surface area contributed by atoms with Crippen LogP contribution in [0.25, 0.3) is 66.2 Å². The predicted molar refractivity (Wildman–Crippen MR) is 148 cm³/mol. The van der Waals surface area contributed by atoms with Crippen molar-refractivity contribution in [2.45, 2.75) is 0 Å². The molecule has 0 N–H and O–H groups in total. The van der Waals surface area contributed by atoms with Gasteiger partial charge in [-0.3, -0.25) is 4.40 Å². The molecular formula is C32H20N4. The van der Waals surface area contributed by atoms with Gasteiger partial charge in [0.1, 0.15) is 0 Å². The fourth-order valence-corrected chi connectivity index (χ4v) is 5.67. The van der Waals surface area contributed by atoms with Gasteiger partial charge in [0, 0.05) is 32.8 Å². The maximum atomic E-state index is 4.72. The van der Waals surface area contributed by atoms with E-state index in [0.29, 0.717) is 0 Å². The predicted octanol–water partition coefficient (Wildman–Crippen LogP) is 7.80. The smallest absolute Gasteiger partial charge is 0.169 e. The SMILES string of the molecule is c1cc(-c2nnc3c4ccccc4c4ccccc4n23)cc(-n2c3ccccc3c3ccccc32)c1. The molecule has 0 bridgehead atoms. The van der Waals surface area contributed by atoms with Crippen LogP contribution < -0.4 is 0 Å². The molecule has 0 unspecified atom stereocenters. The van der Waals surface area contributed by atoms with Crippen molar-refractivity contribution in [1.82, 2.24) is 19.2 Å². The maximum absolute atomic E-state index is 4.72. The number of para-hydroxylation sites is 3. The highest BCUT2D eigenvalue weighted by molar-refractivity contribution is 6.12. The molecule has 0 saturated carbocycles. The van der Waals surface area contributed by atoms with Gasteiger partial charge in [0.05, 0.1) is 16.6 Å². The third-order valence-corrected chi connectivity index (χ3v) is 7.21. The van der Waals surface area contributed by atoms with Gasteiger partial charge in [-0.25, -0.2) is 0 Å². The Morgan fingerprint density at radius 3 is 1.69 bits per heavy atom. The van der Waals surface area contributed by atoms with Crippen molar-refractivity contribution >= 4 is 49.1 Å². The van der Waals surface area contributed by atoms with Gasteiger partial charge < -0.3 is 4.57 Å². The molecule has 0 aliphatic carbocycles. The normalized spacial score (nSPS) is 11.9. The molecule has 0 amide bonds. The Kier molecular flexibility index (Phi) is 3.91. The van der Waals surface area contributed by atoms with Gasteiger partial charge in [-0.05, 0) is 35.7 Å². The molecule has 4 heteroatoms. The van der Waals surface area contributed by atoms with Crippen molar-refractivity contribution < 1.29 is 0 Å². The number of hydrogen-bond donors (Lipinski definition) is 0. The second-order valence-electron chi connectivity index (χ2n) is 9.17. The summed E-state index contributed by atoms with van der Waals surface area (Å²) >= 11 is 0. The van der Waals surface area contributed by atoms with E-state index in [1.54, 1.807) is 0 Å². The fourth-order valence-electron chi connectivity index (χ4n) is 5.67. The summed E-state index contributed by atoms with van der Waals surface area (Å²) in [5, 5.41) is 15.4. The number of pyridine rings is 1. The summed E-state index contributed by atoms with van der Waals surface area (Å²) in [5.74, 6) is 0.842. The van der Waals surface area contributed by atoms with E-state index < -0.39 is 0 Å². The lowest BCUT2D eigenvalue weighted by Crippen LogP contribution is -1.97. The maximum Gasteiger partial charge on any atom is 0.169 e. The molecule has 0 atom stereocenters. The van der Waals surface area contributed by atoms with Crippen LogP contribution in [0.3, 0.4) is 0 Å². The monoisotopic (exact) mass is 460 g/mol. The van der Waals surface area contributed by atoms with Gasteiger partial charge in [0.2, 0.25) is 0 Å². The summed E-state index contributed by atoms with van der Waals surface area (Å²) < 4.78 is 4.54. The number of aromatic nitrogens is 4. The highest BCUT2D eigenvalue weighted by Gasteiger charge is 2.17. The Morgan fingerprint density at radius 1 is 0.444 bits per heavy atom. The van der Waals surface area contributed by atoms with E-state index in [-0.39, 0.29) is 0 Å². The molecule has 0 spiro atoms. The molecule has 168 valence electrons. The molecule has 3 heterocycles. The highest BCUT2D eigenvalue weighted by Crippen LogP contribution is 2.35. The van der Waals surface area contributed by atoms with Gasteiger partial charge in [-0.15, -0.1) is 10.2 Å². The van der Waals surface area contributed by atoms with E-state index in [4.69, 9.17) is 5.10 Å². The van der Waals surface area contributed by atoms with Crippen LogP contribution in [0, 0.1) is 0 Å². The minimum absolute atomic E-state index is 0.842.